The van der Waals surface area contributed by atoms with Crippen molar-refractivity contribution in [2.75, 3.05) is 0 Å². The molecule has 55 heavy (non-hydrogen) atoms. The Bertz CT molecular complexity index is 2120. The van der Waals surface area contributed by atoms with Gasteiger partial charge in [0.1, 0.15) is 0 Å². The highest BCUT2D eigenvalue weighted by atomic mass is 15.3. The van der Waals surface area contributed by atoms with Crippen LogP contribution in [0.5, 0.6) is 0 Å². The lowest BCUT2D eigenvalue weighted by Gasteiger charge is -2.05. The van der Waals surface area contributed by atoms with E-state index in [0.29, 0.717) is 46.9 Å². The molecule has 0 N–H and O–H groups in total. The second-order valence-electron chi connectivity index (χ2n) is 14.4. The van der Waals surface area contributed by atoms with Gasteiger partial charge in [-0.25, -0.2) is 0 Å². The van der Waals surface area contributed by atoms with Gasteiger partial charge in [0.05, 0.1) is 0 Å². The summed E-state index contributed by atoms with van der Waals surface area (Å²) in [5.74, 6) is 4.81. The molecule has 0 aliphatic carbocycles. The van der Waals surface area contributed by atoms with Crippen molar-refractivity contribution in [3.8, 4) is 45.6 Å². The lowest BCUT2D eigenvalue weighted by Crippen LogP contribution is -1.99. The first-order valence-electron chi connectivity index (χ1n) is 18.6. The van der Waals surface area contributed by atoms with Crippen LogP contribution in [0.1, 0.15) is 64.1 Å². The number of aromatic nitrogens is 12. The van der Waals surface area contributed by atoms with E-state index in [2.05, 4.69) is 139 Å². The molecule has 0 fully saturated rings. The van der Waals surface area contributed by atoms with Gasteiger partial charge in [0.2, 0.25) is 23.3 Å². The number of hydrogen-bond donors (Lipinski definition) is 0. The normalized spacial score (nSPS) is 10.8. The Morgan fingerprint density at radius 2 is 0.636 bits per heavy atom. The van der Waals surface area contributed by atoms with Gasteiger partial charge in [-0.1, -0.05) is 145 Å². The lowest BCUT2D eigenvalue weighted by atomic mass is 10.0. The molecule has 0 unspecified atom stereocenters. The van der Waals surface area contributed by atoms with Gasteiger partial charge < -0.3 is 0 Å². The third-order valence-corrected chi connectivity index (χ3v) is 8.07. The summed E-state index contributed by atoms with van der Waals surface area (Å²) in [6.45, 7) is 15.1. The SMILES string of the molecule is CC(C)Cc1ccc(-c2nnc(-c3ccccc3)nn2)cc1.CC(C)Cc1ccc(-c2nncnn2)cc1.Cc1nnc(-c2ccc(CC(C)C)cc2)nn1. The average molecular weight is 733 g/mol. The van der Waals surface area contributed by atoms with Crippen molar-refractivity contribution >= 4 is 0 Å². The van der Waals surface area contributed by atoms with Crippen molar-refractivity contribution in [2.24, 2.45) is 17.8 Å². The van der Waals surface area contributed by atoms with Gasteiger partial charge in [0.15, 0.2) is 12.2 Å². The van der Waals surface area contributed by atoms with E-state index in [1.54, 1.807) is 6.92 Å². The molecule has 0 aliphatic heterocycles. The van der Waals surface area contributed by atoms with E-state index in [9.17, 15) is 0 Å². The maximum atomic E-state index is 4.19. The van der Waals surface area contributed by atoms with Crippen LogP contribution < -0.4 is 0 Å². The molecule has 12 heteroatoms. The Morgan fingerprint density at radius 1 is 0.345 bits per heavy atom. The molecule has 0 spiro atoms. The Kier molecular flexibility index (Phi) is 14.7. The van der Waals surface area contributed by atoms with Crippen molar-refractivity contribution in [2.45, 2.75) is 67.7 Å². The lowest BCUT2D eigenvalue weighted by molar-refractivity contribution is 0.647. The predicted molar refractivity (Wildman–Crippen MR) is 215 cm³/mol. The number of benzene rings is 4. The van der Waals surface area contributed by atoms with Gasteiger partial charge in [-0.05, 0) is 60.6 Å². The van der Waals surface area contributed by atoms with Crippen LogP contribution in [0.15, 0.2) is 109 Å². The fourth-order valence-electron chi connectivity index (χ4n) is 5.55. The molecule has 0 saturated heterocycles. The minimum Gasteiger partial charge on any atom is -0.135 e. The van der Waals surface area contributed by atoms with Crippen LogP contribution in [0.25, 0.3) is 45.6 Å². The van der Waals surface area contributed by atoms with Crippen molar-refractivity contribution < 1.29 is 0 Å². The predicted octanol–water partition coefficient (Wildman–Crippen LogP) is 8.37. The third kappa shape index (κ3) is 13.0. The summed E-state index contributed by atoms with van der Waals surface area (Å²) >= 11 is 0. The van der Waals surface area contributed by atoms with Crippen molar-refractivity contribution in [3.05, 3.63) is 132 Å². The number of hydrogen-bond acceptors (Lipinski definition) is 12. The summed E-state index contributed by atoms with van der Waals surface area (Å²) in [5.41, 5.74) is 7.74. The zero-order chi connectivity index (χ0) is 39.0. The molecule has 0 amide bonds. The molecule has 0 radical (unpaired) electrons. The van der Waals surface area contributed by atoms with E-state index >= 15 is 0 Å². The van der Waals surface area contributed by atoms with Crippen molar-refractivity contribution in [1.82, 2.24) is 61.2 Å². The molecule has 4 aromatic carbocycles. The summed E-state index contributed by atoms with van der Waals surface area (Å²) < 4.78 is 0. The molecule has 3 heterocycles. The van der Waals surface area contributed by atoms with E-state index in [-0.39, 0.29) is 0 Å². The molecule has 12 nitrogen and oxygen atoms in total. The molecule has 7 rings (SSSR count). The zero-order valence-corrected chi connectivity index (χ0v) is 32.6. The Balaban J connectivity index is 0.000000161. The van der Waals surface area contributed by atoms with Gasteiger partial charge in [-0.2, -0.15) is 0 Å². The first-order valence-corrected chi connectivity index (χ1v) is 18.6. The largest absolute Gasteiger partial charge is 0.203 e. The van der Waals surface area contributed by atoms with Crippen LogP contribution in [0, 0.1) is 24.7 Å². The maximum Gasteiger partial charge on any atom is 0.203 e. The van der Waals surface area contributed by atoms with E-state index in [1.807, 2.05) is 66.7 Å². The van der Waals surface area contributed by atoms with Crippen LogP contribution in [-0.4, -0.2) is 61.2 Å². The van der Waals surface area contributed by atoms with Crippen LogP contribution in [0.2, 0.25) is 0 Å². The quantitative estimate of drug-likeness (QED) is 0.133. The molecule has 280 valence electrons. The Hall–Kier alpha value is -6.30. The van der Waals surface area contributed by atoms with Gasteiger partial charge in [0, 0.05) is 22.3 Å². The van der Waals surface area contributed by atoms with Crippen LogP contribution in [0.3, 0.4) is 0 Å². The smallest absolute Gasteiger partial charge is 0.135 e. The van der Waals surface area contributed by atoms with E-state index in [4.69, 9.17) is 0 Å². The number of aryl methyl sites for hydroxylation is 1. The van der Waals surface area contributed by atoms with Crippen LogP contribution in [-0.2, 0) is 19.3 Å². The van der Waals surface area contributed by atoms with Crippen molar-refractivity contribution in [3.63, 3.8) is 0 Å². The van der Waals surface area contributed by atoms with Gasteiger partial charge in [-0.15, -0.1) is 61.2 Å². The first kappa shape index (κ1) is 39.9. The van der Waals surface area contributed by atoms with Crippen LogP contribution in [0.4, 0.5) is 0 Å². The third-order valence-electron chi connectivity index (χ3n) is 8.07. The minimum atomic E-state index is 0.542. The molecule has 0 bridgehead atoms. The highest BCUT2D eigenvalue weighted by Gasteiger charge is 2.08. The molecule has 0 aliphatic rings. The molecule has 0 atom stereocenters. The van der Waals surface area contributed by atoms with Gasteiger partial charge >= 0.3 is 0 Å². The standard InChI is InChI=1S/C18H18N4.C13H16N4.C12H14N4/c1-13(2)12-14-8-10-16(11-9-14)18-21-19-17(20-22-18)15-6-4-3-5-7-15;1-9(2)8-11-4-6-12(7-5-11)13-16-14-10(3)15-17-13;1-9(2)7-10-3-5-11(6-4-10)12-15-13-8-14-16-12/h3-11,13H,12H2,1-2H3;4-7,9H,8H2,1-3H3;3-6,8-9H,7H2,1-2H3. The Morgan fingerprint density at radius 3 is 0.964 bits per heavy atom. The molecule has 7 aromatic rings. The maximum absolute atomic E-state index is 4.19. The summed E-state index contributed by atoms with van der Waals surface area (Å²) in [5, 5.41) is 47.8. The molecule has 3 aromatic heterocycles. The number of nitrogens with zero attached hydrogens (tertiary/aromatic N) is 12. The minimum absolute atomic E-state index is 0.542. The summed E-state index contributed by atoms with van der Waals surface area (Å²) in [6.07, 6.45) is 4.58. The average Bonchev–Trinajstić information content (AvgIpc) is 3.20. The summed E-state index contributed by atoms with van der Waals surface area (Å²) in [7, 11) is 0. The molecular weight excluding hydrogens is 685 g/mol. The van der Waals surface area contributed by atoms with E-state index < -0.39 is 0 Å². The summed E-state index contributed by atoms with van der Waals surface area (Å²) in [4.78, 5) is 0. The van der Waals surface area contributed by atoms with Gasteiger partial charge in [-0.3, -0.25) is 0 Å². The first-order chi connectivity index (χ1) is 26.6. The second-order valence-corrected chi connectivity index (χ2v) is 14.4. The number of rotatable bonds is 10. The van der Waals surface area contributed by atoms with E-state index in [1.165, 1.54) is 23.0 Å². The highest BCUT2D eigenvalue weighted by molar-refractivity contribution is 5.57. The fraction of sp³-hybridized carbons (Fsp3) is 0.302. The van der Waals surface area contributed by atoms with Crippen molar-refractivity contribution in [1.29, 1.82) is 0 Å². The monoisotopic (exact) mass is 732 g/mol. The zero-order valence-electron chi connectivity index (χ0n) is 32.6. The molecule has 0 saturated carbocycles. The summed E-state index contributed by atoms with van der Waals surface area (Å²) in [6, 6.07) is 34.5. The fourth-order valence-corrected chi connectivity index (χ4v) is 5.55. The Labute approximate surface area is 323 Å². The molecular formula is C43H48N12. The van der Waals surface area contributed by atoms with Crippen LogP contribution >= 0.6 is 0 Å². The topological polar surface area (TPSA) is 155 Å². The second kappa shape index (κ2) is 20.2. The van der Waals surface area contributed by atoms with Gasteiger partial charge in [0.25, 0.3) is 0 Å². The highest BCUT2D eigenvalue weighted by Crippen LogP contribution is 2.19. The van der Waals surface area contributed by atoms with E-state index in [0.717, 1.165) is 41.5 Å².